The lowest BCUT2D eigenvalue weighted by atomic mass is 9.70. The molecule has 0 saturated heterocycles. The molecule has 1 unspecified atom stereocenters. The van der Waals surface area contributed by atoms with E-state index >= 15 is 0 Å². The normalized spacial score (nSPS) is 37.8. The summed E-state index contributed by atoms with van der Waals surface area (Å²) in [5.74, 6) is 1.56. The van der Waals surface area contributed by atoms with Crippen LogP contribution in [0.25, 0.3) is 0 Å². The van der Waals surface area contributed by atoms with Crippen LogP contribution in [-0.4, -0.2) is 11.9 Å². The Morgan fingerprint density at radius 1 is 1.44 bits per heavy atom. The summed E-state index contributed by atoms with van der Waals surface area (Å²) in [5, 5.41) is 0. The van der Waals surface area contributed by atoms with Crippen molar-refractivity contribution in [3.63, 3.8) is 0 Å². The third-order valence-electron chi connectivity index (χ3n) is 4.36. The molecule has 2 nitrogen and oxygen atoms in total. The molecule has 16 heavy (non-hydrogen) atoms. The third-order valence-corrected chi connectivity index (χ3v) is 4.36. The molecule has 3 rings (SSSR count). The maximum absolute atomic E-state index is 12.0. The summed E-state index contributed by atoms with van der Waals surface area (Å²) in [6, 6.07) is 0. The van der Waals surface area contributed by atoms with Crippen LogP contribution in [0.4, 0.5) is 0 Å². The average molecular weight is 218 g/mol. The number of ketones is 1. The lowest BCUT2D eigenvalue weighted by Gasteiger charge is -2.38. The van der Waals surface area contributed by atoms with E-state index in [0.29, 0.717) is 18.3 Å². The summed E-state index contributed by atoms with van der Waals surface area (Å²) < 4.78 is 5.91. The highest BCUT2D eigenvalue weighted by Gasteiger charge is 2.45. The standard InChI is InChI=1S/C14H18O2/c1-9-3-4-10-11-5-6-13(15)14(11,2)8-7-12(10)16-9/h5,9H,3-4,6-8H2,1-2H3/t9?,14-/m0/s1. The van der Waals surface area contributed by atoms with E-state index in [2.05, 4.69) is 19.9 Å². The maximum atomic E-state index is 12.0. The Kier molecular flexibility index (Phi) is 2.04. The van der Waals surface area contributed by atoms with Crippen LogP contribution < -0.4 is 0 Å². The van der Waals surface area contributed by atoms with Gasteiger partial charge in [0.1, 0.15) is 5.78 Å². The molecule has 86 valence electrons. The molecule has 0 radical (unpaired) electrons. The highest BCUT2D eigenvalue weighted by Crippen LogP contribution is 2.51. The number of fused-ring (bicyclic) bond motifs is 2. The lowest BCUT2D eigenvalue weighted by Crippen LogP contribution is -2.32. The molecule has 0 aromatic heterocycles. The van der Waals surface area contributed by atoms with E-state index < -0.39 is 0 Å². The summed E-state index contributed by atoms with van der Waals surface area (Å²) in [7, 11) is 0. The van der Waals surface area contributed by atoms with E-state index in [1.54, 1.807) is 0 Å². The summed E-state index contributed by atoms with van der Waals surface area (Å²) in [6.45, 7) is 4.24. The van der Waals surface area contributed by atoms with Gasteiger partial charge >= 0.3 is 0 Å². The summed E-state index contributed by atoms with van der Waals surface area (Å²) in [6.07, 6.45) is 7.16. The van der Waals surface area contributed by atoms with Crippen molar-refractivity contribution in [2.45, 2.75) is 52.1 Å². The van der Waals surface area contributed by atoms with Crippen LogP contribution >= 0.6 is 0 Å². The van der Waals surface area contributed by atoms with Gasteiger partial charge in [0, 0.05) is 12.8 Å². The minimum Gasteiger partial charge on any atom is -0.495 e. The number of hydrogen-bond donors (Lipinski definition) is 0. The number of hydrogen-bond acceptors (Lipinski definition) is 2. The zero-order chi connectivity index (χ0) is 11.3. The van der Waals surface area contributed by atoms with Crippen LogP contribution in [0.1, 0.15) is 46.0 Å². The first-order chi connectivity index (χ1) is 7.61. The molecule has 2 aliphatic carbocycles. The second-order valence-corrected chi connectivity index (χ2v) is 5.45. The highest BCUT2D eigenvalue weighted by atomic mass is 16.5. The first-order valence-electron chi connectivity index (χ1n) is 6.24. The van der Waals surface area contributed by atoms with Gasteiger partial charge in [0.2, 0.25) is 0 Å². The summed E-state index contributed by atoms with van der Waals surface area (Å²) >= 11 is 0. The van der Waals surface area contributed by atoms with Gasteiger partial charge in [-0.25, -0.2) is 0 Å². The molecular weight excluding hydrogens is 200 g/mol. The van der Waals surface area contributed by atoms with Gasteiger partial charge in [-0.2, -0.15) is 0 Å². The monoisotopic (exact) mass is 218 g/mol. The smallest absolute Gasteiger partial charge is 0.146 e. The first kappa shape index (κ1) is 10.1. The first-order valence-corrected chi connectivity index (χ1v) is 6.24. The lowest BCUT2D eigenvalue weighted by molar-refractivity contribution is -0.124. The van der Waals surface area contributed by atoms with E-state index in [1.165, 1.54) is 11.1 Å². The van der Waals surface area contributed by atoms with Crippen molar-refractivity contribution < 1.29 is 9.53 Å². The van der Waals surface area contributed by atoms with Gasteiger partial charge in [-0.1, -0.05) is 6.08 Å². The molecule has 3 aliphatic rings. The quantitative estimate of drug-likeness (QED) is 0.624. The van der Waals surface area contributed by atoms with Gasteiger partial charge in [0.05, 0.1) is 17.3 Å². The fourth-order valence-corrected chi connectivity index (χ4v) is 3.24. The largest absolute Gasteiger partial charge is 0.495 e. The number of ether oxygens (including phenoxy) is 1. The average Bonchev–Trinajstić information content (AvgIpc) is 2.56. The van der Waals surface area contributed by atoms with Crippen LogP contribution in [0.5, 0.6) is 0 Å². The molecule has 1 heterocycles. The minimum absolute atomic E-state index is 0.192. The Morgan fingerprint density at radius 3 is 3.06 bits per heavy atom. The number of carbonyl (C=O) groups is 1. The molecule has 2 atom stereocenters. The fourth-order valence-electron chi connectivity index (χ4n) is 3.24. The number of Topliss-reactive ketones (excluding diaryl/α,β-unsaturated/α-hetero) is 1. The van der Waals surface area contributed by atoms with E-state index in [0.717, 1.165) is 31.4 Å². The molecular formula is C14H18O2. The third kappa shape index (κ3) is 1.22. The van der Waals surface area contributed by atoms with E-state index in [4.69, 9.17) is 4.74 Å². The second-order valence-electron chi connectivity index (χ2n) is 5.45. The molecule has 0 N–H and O–H groups in total. The molecule has 0 spiro atoms. The topological polar surface area (TPSA) is 26.3 Å². The summed E-state index contributed by atoms with van der Waals surface area (Å²) in [5.41, 5.74) is 2.44. The van der Waals surface area contributed by atoms with Crippen molar-refractivity contribution in [2.24, 2.45) is 5.41 Å². The molecule has 2 heteroatoms. The van der Waals surface area contributed by atoms with Crippen molar-refractivity contribution in [1.82, 2.24) is 0 Å². The fraction of sp³-hybridized carbons (Fsp3) is 0.643. The van der Waals surface area contributed by atoms with Crippen molar-refractivity contribution in [3.8, 4) is 0 Å². The highest BCUT2D eigenvalue weighted by molar-refractivity contribution is 5.93. The number of rotatable bonds is 0. The summed E-state index contributed by atoms with van der Waals surface area (Å²) in [4.78, 5) is 12.0. The van der Waals surface area contributed by atoms with Gasteiger partial charge in [-0.3, -0.25) is 4.79 Å². The van der Waals surface area contributed by atoms with Gasteiger partial charge in [0.25, 0.3) is 0 Å². The van der Waals surface area contributed by atoms with Crippen molar-refractivity contribution >= 4 is 5.78 Å². The Bertz CT molecular complexity index is 416. The molecule has 0 bridgehead atoms. The molecule has 0 aromatic carbocycles. The van der Waals surface area contributed by atoms with Crippen LogP contribution in [0.3, 0.4) is 0 Å². The van der Waals surface area contributed by atoms with E-state index in [-0.39, 0.29) is 5.41 Å². The maximum Gasteiger partial charge on any atom is 0.146 e. The second kappa shape index (κ2) is 3.22. The molecule has 0 amide bonds. The SMILES string of the molecule is CC1CCC2=C(CC[C@]3(C)C(=O)CC=C23)O1. The van der Waals surface area contributed by atoms with Gasteiger partial charge in [0.15, 0.2) is 0 Å². The Hall–Kier alpha value is -1.05. The zero-order valence-corrected chi connectivity index (χ0v) is 10.0. The Balaban J connectivity index is 2.03. The predicted octanol–water partition coefficient (Wildman–Crippen LogP) is 3.14. The Labute approximate surface area is 96.4 Å². The predicted molar refractivity (Wildman–Crippen MR) is 61.9 cm³/mol. The van der Waals surface area contributed by atoms with E-state index in [9.17, 15) is 4.79 Å². The van der Waals surface area contributed by atoms with Gasteiger partial charge in [-0.05, 0) is 44.3 Å². The van der Waals surface area contributed by atoms with Crippen LogP contribution in [-0.2, 0) is 9.53 Å². The number of allylic oxidation sites excluding steroid dienone is 4. The Morgan fingerprint density at radius 2 is 2.25 bits per heavy atom. The van der Waals surface area contributed by atoms with Crippen molar-refractivity contribution in [1.29, 1.82) is 0 Å². The van der Waals surface area contributed by atoms with Crippen molar-refractivity contribution in [3.05, 3.63) is 23.0 Å². The molecule has 0 fully saturated rings. The molecule has 0 saturated carbocycles. The molecule has 1 aliphatic heterocycles. The van der Waals surface area contributed by atoms with Gasteiger partial charge < -0.3 is 4.74 Å². The van der Waals surface area contributed by atoms with Crippen LogP contribution in [0, 0.1) is 5.41 Å². The molecule has 0 aromatic rings. The van der Waals surface area contributed by atoms with Crippen LogP contribution in [0.15, 0.2) is 23.0 Å². The zero-order valence-electron chi connectivity index (χ0n) is 10.0. The number of carbonyl (C=O) groups excluding carboxylic acids is 1. The van der Waals surface area contributed by atoms with Crippen LogP contribution in [0.2, 0.25) is 0 Å². The van der Waals surface area contributed by atoms with Crippen molar-refractivity contribution in [2.75, 3.05) is 0 Å². The van der Waals surface area contributed by atoms with E-state index in [1.807, 2.05) is 0 Å². The van der Waals surface area contributed by atoms with Gasteiger partial charge in [-0.15, -0.1) is 0 Å². The minimum atomic E-state index is -0.192.